The van der Waals surface area contributed by atoms with Crippen LogP contribution in [0.25, 0.3) is 0 Å². The second-order valence-electron chi connectivity index (χ2n) is 5.74. The van der Waals surface area contributed by atoms with Crippen LogP contribution >= 0.6 is 0 Å². The summed E-state index contributed by atoms with van der Waals surface area (Å²) in [5.41, 5.74) is 7.28. The minimum Gasteiger partial charge on any atom is -0.393 e. The fraction of sp³-hybridized carbons (Fsp3) is 0.692. The first-order valence-electron chi connectivity index (χ1n) is 6.83. The van der Waals surface area contributed by atoms with Gasteiger partial charge in [-0.15, -0.1) is 0 Å². The molecule has 1 aromatic rings. The Kier molecular flexibility index (Phi) is 2.78. The maximum atomic E-state index is 9.89. The van der Waals surface area contributed by atoms with E-state index in [1.165, 1.54) is 0 Å². The van der Waals surface area contributed by atoms with Crippen LogP contribution in [-0.2, 0) is 7.05 Å². The van der Waals surface area contributed by atoms with E-state index in [4.69, 9.17) is 11.1 Å². The quantitative estimate of drug-likeness (QED) is 0.535. The van der Waals surface area contributed by atoms with E-state index in [2.05, 4.69) is 10.00 Å². The highest BCUT2D eigenvalue weighted by atomic mass is 16.3. The number of fused-ring (bicyclic) bond motifs is 2. The summed E-state index contributed by atoms with van der Waals surface area (Å²) in [6.45, 7) is 1.89. The molecule has 0 aromatic carbocycles. The third kappa shape index (κ3) is 1.82. The highest BCUT2D eigenvalue weighted by molar-refractivity contribution is 6.01. The Morgan fingerprint density at radius 2 is 1.95 bits per heavy atom. The van der Waals surface area contributed by atoms with E-state index >= 15 is 0 Å². The molecule has 2 unspecified atom stereocenters. The molecule has 2 saturated heterocycles. The molecule has 2 bridgehead atoms. The number of piperidine rings is 1. The number of rotatable bonds is 2. The van der Waals surface area contributed by atoms with Gasteiger partial charge in [-0.1, -0.05) is 0 Å². The zero-order valence-electron chi connectivity index (χ0n) is 11.4. The van der Waals surface area contributed by atoms with Gasteiger partial charge >= 0.3 is 0 Å². The Balaban J connectivity index is 2.06. The van der Waals surface area contributed by atoms with Crippen molar-refractivity contribution in [1.82, 2.24) is 9.78 Å². The van der Waals surface area contributed by atoms with Crippen LogP contribution in [0.1, 0.15) is 36.9 Å². The first kappa shape index (κ1) is 12.5. The van der Waals surface area contributed by atoms with Gasteiger partial charge in [0.2, 0.25) is 0 Å². The van der Waals surface area contributed by atoms with Crippen LogP contribution in [-0.4, -0.2) is 38.9 Å². The van der Waals surface area contributed by atoms with Crippen LogP contribution in [0.5, 0.6) is 0 Å². The third-order valence-corrected chi connectivity index (χ3v) is 4.41. The Morgan fingerprint density at radius 3 is 2.47 bits per heavy atom. The van der Waals surface area contributed by atoms with Gasteiger partial charge in [0.1, 0.15) is 11.7 Å². The van der Waals surface area contributed by atoms with E-state index in [0.717, 1.165) is 42.8 Å². The predicted octanol–water partition coefficient (Wildman–Crippen LogP) is 0.505. The monoisotopic (exact) mass is 263 g/mol. The van der Waals surface area contributed by atoms with Crippen molar-refractivity contribution in [2.75, 3.05) is 4.90 Å². The van der Waals surface area contributed by atoms with Crippen molar-refractivity contribution in [3.8, 4) is 0 Å². The molecule has 1 aromatic heterocycles. The second kappa shape index (κ2) is 4.23. The molecular weight excluding hydrogens is 242 g/mol. The molecule has 6 heteroatoms. The minimum absolute atomic E-state index is 0.0751. The highest BCUT2D eigenvalue weighted by Gasteiger charge is 2.42. The topological polar surface area (TPSA) is 91.2 Å². The molecule has 0 radical (unpaired) electrons. The van der Waals surface area contributed by atoms with Crippen molar-refractivity contribution >= 4 is 11.7 Å². The summed E-state index contributed by atoms with van der Waals surface area (Å²) >= 11 is 0. The molecule has 0 aliphatic carbocycles. The fourth-order valence-corrected chi connectivity index (χ4v) is 3.75. The van der Waals surface area contributed by atoms with Gasteiger partial charge in [0, 0.05) is 19.1 Å². The molecule has 2 fully saturated rings. The maximum Gasteiger partial charge on any atom is 0.138 e. The first-order chi connectivity index (χ1) is 8.99. The molecule has 3 rings (SSSR count). The van der Waals surface area contributed by atoms with E-state index in [1.54, 1.807) is 0 Å². The summed E-state index contributed by atoms with van der Waals surface area (Å²) < 4.78 is 1.83. The Labute approximate surface area is 112 Å². The zero-order valence-corrected chi connectivity index (χ0v) is 11.4. The van der Waals surface area contributed by atoms with Crippen LogP contribution in [0.4, 0.5) is 5.82 Å². The number of nitrogen functional groups attached to an aromatic ring is 1. The van der Waals surface area contributed by atoms with Gasteiger partial charge in [0.25, 0.3) is 0 Å². The lowest BCUT2D eigenvalue weighted by molar-refractivity contribution is 0.125. The summed E-state index contributed by atoms with van der Waals surface area (Å²) in [4.78, 5) is 2.34. The van der Waals surface area contributed by atoms with Crippen molar-refractivity contribution in [1.29, 1.82) is 5.41 Å². The number of anilines is 1. The number of nitrogens with two attached hydrogens (primary N) is 1. The first-order valence-corrected chi connectivity index (χ1v) is 6.83. The zero-order chi connectivity index (χ0) is 13.7. The molecule has 2 atom stereocenters. The number of nitrogens with zero attached hydrogens (tertiary/aromatic N) is 3. The Hall–Kier alpha value is -1.56. The van der Waals surface area contributed by atoms with E-state index in [1.807, 2.05) is 18.7 Å². The summed E-state index contributed by atoms with van der Waals surface area (Å²) in [7, 11) is 1.90. The number of hydrogen-bond acceptors (Lipinski definition) is 4. The van der Waals surface area contributed by atoms with Crippen molar-refractivity contribution in [2.24, 2.45) is 12.8 Å². The molecule has 19 heavy (non-hydrogen) atoms. The fourth-order valence-electron chi connectivity index (χ4n) is 3.75. The molecular formula is C13H21N5O. The molecule has 0 spiro atoms. The third-order valence-electron chi connectivity index (χ3n) is 4.41. The maximum absolute atomic E-state index is 9.89. The second-order valence-corrected chi connectivity index (χ2v) is 5.74. The molecule has 0 amide bonds. The van der Waals surface area contributed by atoms with Gasteiger partial charge in [-0.25, -0.2) is 0 Å². The van der Waals surface area contributed by atoms with Crippen molar-refractivity contribution in [2.45, 2.75) is 50.8 Å². The number of aliphatic hydroxyl groups excluding tert-OH is 1. The van der Waals surface area contributed by atoms with Crippen LogP contribution in [0, 0.1) is 12.3 Å². The van der Waals surface area contributed by atoms with Crippen LogP contribution in [0.15, 0.2) is 0 Å². The highest BCUT2D eigenvalue weighted by Crippen LogP contribution is 2.40. The summed E-state index contributed by atoms with van der Waals surface area (Å²) in [5.74, 6) is 1.02. The van der Waals surface area contributed by atoms with Crippen molar-refractivity contribution in [3.05, 3.63) is 11.3 Å². The predicted molar refractivity (Wildman–Crippen MR) is 73.5 cm³/mol. The van der Waals surface area contributed by atoms with Gasteiger partial charge in [-0.3, -0.25) is 10.1 Å². The number of aryl methyl sites for hydroxylation is 2. The number of hydrogen-bond donors (Lipinski definition) is 3. The molecule has 104 valence electrons. The van der Waals surface area contributed by atoms with Crippen LogP contribution in [0.2, 0.25) is 0 Å². The lowest BCUT2D eigenvalue weighted by Gasteiger charge is -2.39. The van der Waals surface area contributed by atoms with Gasteiger partial charge in [0.05, 0.1) is 17.4 Å². The number of nitrogens with one attached hydrogen (secondary N) is 1. The SMILES string of the molecule is Cc1nn(C)c(N2C3CCC2CC(O)C3)c1C(=N)N. The lowest BCUT2D eigenvalue weighted by Crippen LogP contribution is -2.46. The number of aromatic nitrogens is 2. The minimum atomic E-state index is -0.191. The average molecular weight is 263 g/mol. The van der Waals surface area contributed by atoms with E-state index in [-0.39, 0.29) is 11.9 Å². The Morgan fingerprint density at radius 1 is 1.37 bits per heavy atom. The molecule has 0 saturated carbocycles. The van der Waals surface area contributed by atoms with Gasteiger partial charge in [-0.05, 0) is 32.6 Å². The molecule has 2 aliphatic rings. The van der Waals surface area contributed by atoms with Gasteiger partial charge in [-0.2, -0.15) is 5.10 Å². The summed E-state index contributed by atoms with van der Waals surface area (Å²) in [6, 6.07) is 0.697. The van der Waals surface area contributed by atoms with E-state index < -0.39 is 0 Å². The van der Waals surface area contributed by atoms with Gasteiger partial charge < -0.3 is 15.7 Å². The summed E-state index contributed by atoms with van der Waals surface area (Å²) in [6.07, 6.45) is 3.62. The van der Waals surface area contributed by atoms with Crippen LogP contribution in [0.3, 0.4) is 0 Å². The normalized spacial score (nSPS) is 29.8. The van der Waals surface area contributed by atoms with Crippen LogP contribution < -0.4 is 10.6 Å². The summed E-state index contributed by atoms with van der Waals surface area (Å²) in [5, 5.41) is 22.1. The number of amidine groups is 1. The molecule has 6 nitrogen and oxygen atoms in total. The number of aliphatic hydroxyl groups is 1. The van der Waals surface area contributed by atoms with Crippen molar-refractivity contribution in [3.63, 3.8) is 0 Å². The smallest absolute Gasteiger partial charge is 0.138 e. The molecule has 2 aliphatic heterocycles. The largest absolute Gasteiger partial charge is 0.393 e. The van der Waals surface area contributed by atoms with Crippen molar-refractivity contribution < 1.29 is 5.11 Å². The lowest BCUT2D eigenvalue weighted by atomic mass is 9.99. The molecule has 3 heterocycles. The standard InChI is InChI=1S/C13H21N5O/c1-7-11(12(14)15)13(17(2)16-7)18-8-3-4-9(18)6-10(19)5-8/h8-10,19H,3-6H2,1-2H3,(H3,14,15). The molecule has 4 N–H and O–H groups in total. The van der Waals surface area contributed by atoms with Gasteiger partial charge in [0.15, 0.2) is 0 Å². The van der Waals surface area contributed by atoms with E-state index in [9.17, 15) is 5.11 Å². The average Bonchev–Trinajstić information content (AvgIpc) is 2.73. The Bertz CT molecular complexity index is 509. The van der Waals surface area contributed by atoms with E-state index in [0.29, 0.717) is 12.1 Å².